The van der Waals surface area contributed by atoms with Gasteiger partial charge in [0.25, 0.3) is 0 Å². The van der Waals surface area contributed by atoms with Crippen molar-refractivity contribution >= 4 is 5.97 Å². The number of hydrogen-bond donors (Lipinski definition) is 2. The summed E-state index contributed by atoms with van der Waals surface area (Å²) >= 11 is 0. The highest BCUT2D eigenvalue weighted by Gasteiger charge is 1.99. The number of benzene rings is 1. The van der Waals surface area contributed by atoms with Gasteiger partial charge in [-0.25, -0.2) is 4.79 Å². The number of aromatic hydroxyl groups is 1. The fraction of sp³-hybridized carbons (Fsp3) is 0. The largest absolute Gasteiger partial charge is 0.508 e. The molecule has 0 fully saturated rings. The summed E-state index contributed by atoms with van der Waals surface area (Å²) < 4.78 is 0. The fourth-order valence-electron chi connectivity index (χ4n) is 0.604. The molecule has 1 rings (SSSR count). The lowest BCUT2D eigenvalue weighted by atomic mass is 10.9. The number of phenolic OH excluding ortho intramolecular Hbond substituents is 1. The van der Waals surface area contributed by atoms with E-state index in [4.69, 9.17) is 10.2 Å². The van der Waals surface area contributed by atoms with Gasteiger partial charge >= 0.3 is 5.97 Å². The molecule has 0 amide bonds. The van der Waals surface area contributed by atoms with Gasteiger partial charge in [-0.1, -0.05) is 0 Å². The fourth-order valence-corrected chi connectivity index (χ4v) is 0.604. The van der Waals surface area contributed by atoms with E-state index in [0.29, 0.717) is 0 Å². The topological polar surface area (TPSA) is 57.5 Å². The molecule has 1 aromatic carbocycles. The number of aromatic carboxylic acids is 1. The van der Waals surface area contributed by atoms with Crippen LogP contribution in [-0.2, 0) is 0 Å². The van der Waals surface area contributed by atoms with Crippen molar-refractivity contribution < 1.29 is 15.0 Å². The smallest absolute Gasteiger partial charge is 0.335 e. The molecule has 3 nitrogen and oxygen atoms in total. The predicted octanol–water partition coefficient (Wildman–Crippen LogP) is 1.09. The summed E-state index contributed by atoms with van der Waals surface area (Å²) in [5.74, 6) is -0.912. The van der Waals surface area contributed by atoms with Crippen molar-refractivity contribution in [1.82, 2.24) is 0 Å². The summed E-state index contributed by atoms with van der Waals surface area (Å²) in [5, 5.41) is 17.1. The van der Waals surface area contributed by atoms with Gasteiger partial charge in [0, 0.05) is 0 Å². The highest BCUT2D eigenvalue weighted by molar-refractivity contribution is 5.87. The van der Waals surface area contributed by atoms with Gasteiger partial charge in [-0.2, -0.15) is 0 Å². The summed E-state index contributed by atoms with van der Waals surface area (Å²) in [7, 11) is 0. The SMILES string of the molecule is O=[13C](O)[13c]1c[13cH][13c](O)[13cH][13cH]1. The van der Waals surface area contributed by atoms with E-state index in [1.165, 1.54) is 24.3 Å². The Balaban J connectivity index is 3.00. The van der Waals surface area contributed by atoms with Gasteiger partial charge in [-0.05, 0) is 24.3 Å². The first-order valence-corrected chi connectivity index (χ1v) is 2.72. The van der Waals surface area contributed by atoms with E-state index in [9.17, 15) is 4.79 Å². The molecule has 0 saturated carbocycles. The van der Waals surface area contributed by atoms with Gasteiger partial charge in [0.15, 0.2) is 0 Å². The minimum atomic E-state index is -0.986. The van der Waals surface area contributed by atoms with E-state index in [0.717, 1.165) is 0 Å². The number of carboxylic acid groups (broad SMARTS) is 1. The van der Waals surface area contributed by atoms with Crippen molar-refractivity contribution in [3.05, 3.63) is 29.8 Å². The highest BCUT2D eigenvalue weighted by Crippen LogP contribution is 2.08. The first-order chi connectivity index (χ1) is 4.70. The maximum absolute atomic E-state index is 10.2. The predicted molar refractivity (Wildman–Crippen MR) is 35.1 cm³/mol. The van der Waals surface area contributed by atoms with E-state index in [1.807, 2.05) is 0 Å². The monoisotopic (exact) mass is 144 g/mol. The molecule has 0 saturated heterocycles. The normalized spacial score (nSPS) is 9.20. The summed E-state index contributed by atoms with van der Waals surface area (Å²) in [4.78, 5) is 10.2. The zero-order valence-electron chi connectivity index (χ0n) is 5.11. The van der Waals surface area contributed by atoms with Gasteiger partial charge in [0.05, 0.1) is 5.56 Å². The van der Waals surface area contributed by atoms with Crippen LogP contribution in [0.2, 0.25) is 0 Å². The van der Waals surface area contributed by atoms with E-state index >= 15 is 0 Å². The molecule has 2 N–H and O–H groups in total. The van der Waals surface area contributed by atoms with Gasteiger partial charge in [0.1, 0.15) is 5.75 Å². The summed E-state index contributed by atoms with van der Waals surface area (Å²) in [6.45, 7) is 0. The Bertz CT molecular complexity index is 238. The molecule has 0 aromatic heterocycles. The van der Waals surface area contributed by atoms with Crippen LogP contribution < -0.4 is 0 Å². The third kappa shape index (κ3) is 1.25. The molecule has 0 aliphatic heterocycles. The molecular weight excluding hydrogens is 138 g/mol. The van der Waals surface area contributed by atoms with E-state index in [2.05, 4.69) is 0 Å². The Morgan fingerprint density at radius 2 is 1.70 bits per heavy atom. The molecule has 1 aromatic rings. The Kier molecular flexibility index (Phi) is 1.58. The van der Waals surface area contributed by atoms with Gasteiger partial charge in [-0.15, -0.1) is 0 Å². The maximum atomic E-state index is 10.2. The zero-order valence-corrected chi connectivity index (χ0v) is 5.11. The van der Waals surface area contributed by atoms with Crippen LogP contribution in [0.25, 0.3) is 0 Å². The third-order valence-corrected chi connectivity index (χ3v) is 1.11. The van der Waals surface area contributed by atoms with Crippen molar-refractivity contribution in [2.75, 3.05) is 0 Å². The van der Waals surface area contributed by atoms with E-state index in [1.54, 1.807) is 0 Å². The van der Waals surface area contributed by atoms with E-state index in [-0.39, 0.29) is 11.3 Å². The minimum absolute atomic E-state index is 0.0741. The first kappa shape index (κ1) is 6.61. The molecule has 0 spiro atoms. The van der Waals surface area contributed by atoms with Crippen molar-refractivity contribution in [2.45, 2.75) is 0 Å². The highest BCUT2D eigenvalue weighted by atomic mass is 16.5. The average molecular weight is 144 g/mol. The summed E-state index contributed by atoms with van der Waals surface area (Å²) in [6.07, 6.45) is 0. The zero-order chi connectivity index (χ0) is 7.56. The van der Waals surface area contributed by atoms with Crippen LogP contribution in [0.1, 0.15) is 10.4 Å². The van der Waals surface area contributed by atoms with Crippen molar-refractivity contribution in [2.24, 2.45) is 0 Å². The van der Waals surface area contributed by atoms with Crippen molar-refractivity contribution in [1.29, 1.82) is 0 Å². The Morgan fingerprint density at radius 3 is 2.10 bits per heavy atom. The van der Waals surface area contributed by atoms with Crippen LogP contribution in [0, 0.1) is 0 Å². The van der Waals surface area contributed by atoms with Crippen LogP contribution in [0.15, 0.2) is 24.3 Å². The third-order valence-electron chi connectivity index (χ3n) is 1.11. The number of hydrogen-bond acceptors (Lipinski definition) is 2. The second kappa shape index (κ2) is 2.39. The molecule has 52 valence electrons. The summed E-state index contributed by atoms with van der Waals surface area (Å²) in [5.41, 5.74) is 0.179. The quantitative estimate of drug-likeness (QED) is 0.580. The molecule has 3 heteroatoms. The van der Waals surface area contributed by atoms with E-state index < -0.39 is 5.97 Å². The standard InChI is InChI=1S/C7H6O3/c8-6-3-1-5(2-4-6)7(9)10/h1-4,8H,(H,9,10)/i1+1,3+1,4+1,5+1,6+1,7+1. The van der Waals surface area contributed by atoms with Crippen LogP contribution in [-0.4, -0.2) is 16.2 Å². The van der Waals surface area contributed by atoms with Gasteiger partial charge in [-0.3, -0.25) is 0 Å². The van der Waals surface area contributed by atoms with Gasteiger partial charge in [0.2, 0.25) is 0 Å². The molecule has 0 bridgehead atoms. The number of phenols is 1. The molecule has 0 radical (unpaired) electrons. The lowest BCUT2D eigenvalue weighted by Gasteiger charge is -1.92. The lowest BCUT2D eigenvalue weighted by Crippen LogP contribution is -1.93. The van der Waals surface area contributed by atoms with Crippen LogP contribution in [0.3, 0.4) is 0 Å². The van der Waals surface area contributed by atoms with Gasteiger partial charge < -0.3 is 10.2 Å². The Hall–Kier alpha value is -1.51. The Labute approximate surface area is 57.5 Å². The first-order valence-electron chi connectivity index (χ1n) is 2.72. The summed E-state index contributed by atoms with van der Waals surface area (Å²) in [6, 6.07) is 5.36. The molecular formula is C7H6O3. The maximum Gasteiger partial charge on any atom is 0.335 e. The second-order valence-corrected chi connectivity index (χ2v) is 1.85. The number of rotatable bonds is 1. The second-order valence-electron chi connectivity index (χ2n) is 1.85. The Morgan fingerprint density at radius 1 is 1.20 bits per heavy atom. The lowest BCUT2D eigenvalue weighted by molar-refractivity contribution is 0.0697. The van der Waals surface area contributed by atoms with Crippen LogP contribution in [0.4, 0.5) is 0 Å². The van der Waals surface area contributed by atoms with Crippen molar-refractivity contribution in [3.63, 3.8) is 0 Å². The van der Waals surface area contributed by atoms with Crippen LogP contribution >= 0.6 is 0 Å². The average Bonchev–Trinajstić information content (AvgIpc) is 1.88. The van der Waals surface area contributed by atoms with Crippen molar-refractivity contribution in [3.8, 4) is 5.75 Å². The van der Waals surface area contributed by atoms with Crippen LogP contribution in [0.5, 0.6) is 5.75 Å². The molecule has 0 aliphatic carbocycles. The molecule has 0 aliphatic rings. The molecule has 0 heterocycles. The minimum Gasteiger partial charge on any atom is -0.508 e. The molecule has 0 unspecified atom stereocenters. The molecule has 10 heavy (non-hydrogen) atoms. The number of carboxylic acids is 1. The number of carbonyl (C=O) groups is 1. The molecule has 0 atom stereocenters.